The van der Waals surface area contributed by atoms with Gasteiger partial charge < -0.3 is 10.0 Å². The van der Waals surface area contributed by atoms with Crippen LogP contribution < -0.4 is 4.90 Å². The molecule has 1 heterocycles. The minimum absolute atomic E-state index is 0.255. The van der Waals surface area contributed by atoms with Gasteiger partial charge in [0.25, 0.3) is 5.91 Å². The monoisotopic (exact) mass is 345 g/mol. The standard InChI is InChI=1S/C22H19NO3/c1-14-7-10-19-18(11-14)22(26,21(25)23(19)2)13-20(24)17-9-8-15-5-3-4-6-16(15)12-17/h3-12,26H,13H2,1-2H3. The maximum absolute atomic E-state index is 12.9. The van der Waals surface area contributed by atoms with Crippen LogP contribution in [0.3, 0.4) is 0 Å². The van der Waals surface area contributed by atoms with E-state index in [1.165, 1.54) is 4.90 Å². The van der Waals surface area contributed by atoms with Crippen LogP contribution in [0.5, 0.6) is 0 Å². The van der Waals surface area contributed by atoms with E-state index in [4.69, 9.17) is 0 Å². The van der Waals surface area contributed by atoms with Gasteiger partial charge in [0.05, 0.1) is 12.1 Å². The first-order chi connectivity index (χ1) is 12.4. The predicted molar refractivity (Wildman–Crippen MR) is 101 cm³/mol. The number of benzene rings is 3. The molecule has 130 valence electrons. The zero-order valence-electron chi connectivity index (χ0n) is 14.7. The lowest BCUT2D eigenvalue weighted by molar-refractivity contribution is -0.135. The molecular weight excluding hydrogens is 326 g/mol. The third-order valence-corrected chi connectivity index (χ3v) is 5.11. The highest BCUT2D eigenvalue weighted by Crippen LogP contribution is 2.42. The van der Waals surface area contributed by atoms with Gasteiger partial charge in [0.1, 0.15) is 0 Å². The van der Waals surface area contributed by atoms with Crippen LogP contribution in [-0.4, -0.2) is 23.8 Å². The normalized spacial score (nSPS) is 19.0. The second-order valence-corrected chi connectivity index (χ2v) is 6.91. The van der Waals surface area contributed by atoms with Crippen molar-refractivity contribution >= 4 is 28.2 Å². The largest absolute Gasteiger partial charge is 0.375 e. The minimum Gasteiger partial charge on any atom is -0.375 e. The molecule has 3 aromatic rings. The molecule has 1 aliphatic heterocycles. The zero-order valence-corrected chi connectivity index (χ0v) is 14.7. The van der Waals surface area contributed by atoms with E-state index in [0.717, 1.165) is 16.3 Å². The molecule has 0 spiro atoms. The number of ketones is 1. The maximum atomic E-state index is 12.9. The first kappa shape index (κ1) is 16.5. The number of carbonyl (C=O) groups is 2. The van der Waals surface area contributed by atoms with E-state index in [1.807, 2.05) is 43.3 Å². The predicted octanol–water partition coefficient (Wildman–Crippen LogP) is 3.59. The van der Waals surface area contributed by atoms with Crippen molar-refractivity contribution in [1.82, 2.24) is 0 Å². The summed E-state index contributed by atoms with van der Waals surface area (Å²) < 4.78 is 0. The third kappa shape index (κ3) is 2.42. The average Bonchev–Trinajstić information content (AvgIpc) is 2.82. The van der Waals surface area contributed by atoms with Crippen molar-refractivity contribution in [2.45, 2.75) is 18.9 Å². The van der Waals surface area contributed by atoms with Gasteiger partial charge in [0, 0.05) is 18.2 Å². The molecule has 1 amide bonds. The van der Waals surface area contributed by atoms with Gasteiger partial charge in [-0.3, -0.25) is 9.59 Å². The molecule has 1 aliphatic rings. The van der Waals surface area contributed by atoms with Gasteiger partial charge in [-0.1, -0.05) is 54.1 Å². The highest BCUT2D eigenvalue weighted by Gasteiger charge is 2.49. The summed E-state index contributed by atoms with van der Waals surface area (Å²) in [4.78, 5) is 27.0. The van der Waals surface area contributed by atoms with Crippen molar-refractivity contribution in [2.75, 3.05) is 11.9 Å². The van der Waals surface area contributed by atoms with Crippen LogP contribution in [0, 0.1) is 6.92 Å². The van der Waals surface area contributed by atoms with E-state index in [0.29, 0.717) is 16.8 Å². The van der Waals surface area contributed by atoms with Gasteiger partial charge in [-0.15, -0.1) is 0 Å². The van der Waals surface area contributed by atoms with Gasteiger partial charge >= 0.3 is 0 Å². The van der Waals surface area contributed by atoms with E-state index < -0.39 is 11.5 Å². The van der Waals surface area contributed by atoms with Crippen LogP contribution in [0.2, 0.25) is 0 Å². The number of nitrogens with zero attached hydrogens (tertiary/aromatic N) is 1. The Morgan fingerprint density at radius 3 is 2.54 bits per heavy atom. The summed E-state index contributed by atoms with van der Waals surface area (Å²) in [6, 6.07) is 18.7. The smallest absolute Gasteiger partial charge is 0.263 e. The lowest BCUT2D eigenvalue weighted by Crippen LogP contribution is -2.40. The summed E-state index contributed by atoms with van der Waals surface area (Å²) in [6.45, 7) is 1.90. The first-order valence-electron chi connectivity index (χ1n) is 8.54. The Morgan fingerprint density at radius 2 is 1.77 bits per heavy atom. The summed E-state index contributed by atoms with van der Waals surface area (Å²) in [5, 5.41) is 13.1. The number of amides is 1. The molecule has 0 aliphatic carbocycles. The number of likely N-dealkylation sites (N-methyl/N-ethyl adjacent to an activating group) is 1. The van der Waals surface area contributed by atoms with Gasteiger partial charge in [0.2, 0.25) is 0 Å². The summed E-state index contributed by atoms with van der Waals surface area (Å²) in [7, 11) is 1.62. The van der Waals surface area contributed by atoms with Gasteiger partial charge in [-0.05, 0) is 29.8 Å². The Kier molecular flexibility index (Phi) is 3.67. The molecule has 0 fully saturated rings. The summed E-state index contributed by atoms with van der Waals surface area (Å²) in [5.74, 6) is -0.721. The molecule has 0 aromatic heterocycles. The zero-order chi connectivity index (χ0) is 18.5. The second kappa shape index (κ2) is 5.78. The Hall–Kier alpha value is -2.98. The summed E-state index contributed by atoms with van der Waals surface area (Å²) in [5.41, 5.74) is 0.754. The number of anilines is 1. The van der Waals surface area contributed by atoms with Crippen molar-refractivity contribution in [3.05, 3.63) is 77.4 Å². The Morgan fingerprint density at radius 1 is 1.04 bits per heavy atom. The number of hydrogen-bond donors (Lipinski definition) is 1. The van der Waals surface area contributed by atoms with Crippen molar-refractivity contribution in [3.63, 3.8) is 0 Å². The van der Waals surface area contributed by atoms with Crippen molar-refractivity contribution in [3.8, 4) is 0 Å². The van der Waals surface area contributed by atoms with E-state index in [9.17, 15) is 14.7 Å². The number of rotatable bonds is 3. The molecule has 0 radical (unpaired) electrons. The van der Waals surface area contributed by atoms with Crippen molar-refractivity contribution < 1.29 is 14.7 Å². The van der Waals surface area contributed by atoms with Gasteiger partial charge in [0.15, 0.2) is 11.4 Å². The topological polar surface area (TPSA) is 57.6 Å². The molecule has 4 rings (SSSR count). The summed E-state index contributed by atoms with van der Waals surface area (Å²) in [6.07, 6.45) is -0.273. The van der Waals surface area contributed by atoms with E-state index >= 15 is 0 Å². The molecule has 3 aromatic carbocycles. The van der Waals surface area contributed by atoms with Crippen LogP contribution in [0.4, 0.5) is 5.69 Å². The third-order valence-electron chi connectivity index (χ3n) is 5.11. The molecular formula is C22H19NO3. The van der Waals surface area contributed by atoms with E-state index in [2.05, 4.69) is 0 Å². The van der Waals surface area contributed by atoms with Crippen LogP contribution in [-0.2, 0) is 10.4 Å². The number of aliphatic hydroxyl groups is 1. The molecule has 1 atom stereocenters. The highest BCUT2D eigenvalue weighted by molar-refractivity contribution is 6.11. The lowest BCUT2D eigenvalue weighted by atomic mass is 9.87. The number of Topliss-reactive ketones (excluding diaryl/α,β-unsaturated/α-hetero) is 1. The maximum Gasteiger partial charge on any atom is 0.263 e. The molecule has 4 nitrogen and oxygen atoms in total. The Balaban J connectivity index is 1.72. The fraction of sp³-hybridized carbons (Fsp3) is 0.182. The molecule has 0 saturated heterocycles. The van der Waals surface area contributed by atoms with Crippen LogP contribution >= 0.6 is 0 Å². The SMILES string of the molecule is Cc1ccc2c(c1)C(O)(CC(=O)c1ccc3ccccc3c1)C(=O)N2C. The molecule has 0 saturated carbocycles. The van der Waals surface area contributed by atoms with Crippen LogP contribution in [0.15, 0.2) is 60.7 Å². The molecule has 26 heavy (non-hydrogen) atoms. The molecule has 0 bridgehead atoms. The van der Waals surface area contributed by atoms with E-state index in [1.54, 1.807) is 31.3 Å². The highest BCUT2D eigenvalue weighted by atomic mass is 16.3. The fourth-order valence-electron chi connectivity index (χ4n) is 3.64. The number of hydrogen-bond acceptors (Lipinski definition) is 3. The quantitative estimate of drug-likeness (QED) is 0.738. The molecule has 4 heteroatoms. The number of carbonyl (C=O) groups excluding carboxylic acids is 2. The first-order valence-corrected chi connectivity index (χ1v) is 8.54. The van der Waals surface area contributed by atoms with Crippen molar-refractivity contribution in [2.24, 2.45) is 0 Å². The Bertz CT molecular complexity index is 1060. The van der Waals surface area contributed by atoms with E-state index in [-0.39, 0.29) is 12.2 Å². The lowest BCUT2D eigenvalue weighted by Gasteiger charge is -2.21. The van der Waals surface area contributed by atoms with Crippen LogP contribution in [0.25, 0.3) is 10.8 Å². The number of aryl methyl sites for hydroxylation is 1. The minimum atomic E-state index is -1.82. The van der Waals surface area contributed by atoms with Gasteiger partial charge in [-0.2, -0.15) is 0 Å². The summed E-state index contributed by atoms with van der Waals surface area (Å²) >= 11 is 0. The number of fused-ring (bicyclic) bond motifs is 2. The average molecular weight is 345 g/mol. The van der Waals surface area contributed by atoms with Crippen LogP contribution in [0.1, 0.15) is 27.9 Å². The fourth-order valence-corrected chi connectivity index (χ4v) is 3.64. The molecule has 1 N–H and O–H groups in total. The Labute approximate surface area is 151 Å². The molecule has 1 unspecified atom stereocenters. The van der Waals surface area contributed by atoms with Crippen molar-refractivity contribution in [1.29, 1.82) is 0 Å². The second-order valence-electron chi connectivity index (χ2n) is 6.91. The van der Waals surface area contributed by atoms with Gasteiger partial charge in [-0.25, -0.2) is 0 Å².